The number of fused-ring (bicyclic) bond motifs is 2. The monoisotopic (exact) mass is 414 g/mol. The van der Waals surface area contributed by atoms with Crippen molar-refractivity contribution in [1.29, 1.82) is 0 Å². The molecule has 0 fully saturated rings. The molecule has 6 nitrogen and oxygen atoms in total. The first kappa shape index (κ1) is 20.6. The Labute approximate surface area is 181 Å². The van der Waals surface area contributed by atoms with Gasteiger partial charge in [-0.3, -0.25) is 4.79 Å². The summed E-state index contributed by atoms with van der Waals surface area (Å²) in [7, 11) is 0. The van der Waals surface area contributed by atoms with Gasteiger partial charge in [0.05, 0.1) is 17.2 Å². The molecule has 0 unspecified atom stereocenters. The average Bonchev–Trinajstić information content (AvgIpc) is 3.15. The molecule has 4 aromatic rings. The van der Waals surface area contributed by atoms with Gasteiger partial charge < -0.3 is 9.67 Å². The van der Waals surface area contributed by atoms with E-state index in [2.05, 4.69) is 22.0 Å². The van der Waals surface area contributed by atoms with Crippen LogP contribution in [-0.2, 0) is 17.8 Å². The summed E-state index contributed by atoms with van der Waals surface area (Å²) < 4.78 is 2.13. The van der Waals surface area contributed by atoms with Crippen molar-refractivity contribution in [3.63, 3.8) is 0 Å². The number of nitrogens with zero attached hydrogens (tertiary/aromatic N) is 3. The van der Waals surface area contributed by atoms with Crippen molar-refractivity contribution in [1.82, 2.24) is 15.0 Å². The summed E-state index contributed by atoms with van der Waals surface area (Å²) in [4.78, 5) is 17.2. The first-order valence-corrected chi connectivity index (χ1v) is 10.6. The van der Waals surface area contributed by atoms with Crippen molar-refractivity contribution in [3.8, 4) is 5.75 Å². The van der Waals surface area contributed by atoms with Gasteiger partial charge in [0.15, 0.2) is 0 Å². The molecule has 31 heavy (non-hydrogen) atoms. The summed E-state index contributed by atoms with van der Waals surface area (Å²) in [6, 6.07) is 19.2. The molecule has 6 heteroatoms. The molecule has 0 saturated carbocycles. The Morgan fingerprint density at radius 2 is 1.94 bits per heavy atom. The van der Waals surface area contributed by atoms with E-state index in [1.54, 1.807) is 6.07 Å². The zero-order valence-corrected chi connectivity index (χ0v) is 17.6. The highest BCUT2D eigenvalue weighted by Crippen LogP contribution is 2.25. The molecule has 1 heterocycles. The summed E-state index contributed by atoms with van der Waals surface area (Å²) in [6.45, 7) is 2.70. The number of phenols is 1. The fourth-order valence-electron chi connectivity index (χ4n) is 3.76. The number of phenolic OH excluding ortho intramolecular Hbond substituents is 1. The topological polar surface area (TPSA) is 79.5 Å². The number of benzene rings is 3. The Morgan fingerprint density at radius 1 is 1.13 bits per heavy atom. The van der Waals surface area contributed by atoms with E-state index in [4.69, 9.17) is 4.98 Å². The fourth-order valence-corrected chi connectivity index (χ4v) is 3.76. The number of nitrogens with one attached hydrogen (secondary N) is 1. The maximum atomic E-state index is 12.4. The molecule has 3 aromatic carbocycles. The van der Waals surface area contributed by atoms with Gasteiger partial charge in [0, 0.05) is 24.9 Å². The molecular weight excluding hydrogens is 388 g/mol. The fraction of sp³-hybridized carbons (Fsp3) is 0.240. The lowest BCUT2D eigenvalue weighted by Crippen LogP contribution is -2.20. The van der Waals surface area contributed by atoms with Crippen molar-refractivity contribution < 1.29 is 9.90 Å². The van der Waals surface area contributed by atoms with Crippen LogP contribution < -0.4 is 5.43 Å². The third kappa shape index (κ3) is 4.58. The van der Waals surface area contributed by atoms with Crippen LogP contribution in [0.5, 0.6) is 5.75 Å². The number of carbonyl (C=O) groups is 1. The maximum absolute atomic E-state index is 12.4. The number of para-hydroxylation sites is 2. The maximum Gasteiger partial charge on any atom is 0.241 e. The van der Waals surface area contributed by atoms with Crippen molar-refractivity contribution >= 4 is 33.9 Å². The van der Waals surface area contributed by atoms with Crippen molar-refractivity contribution in [3.05, 3.63) is 72.1 Å². The lowest BCUT2D eigenvalue weighted by atomic mass is 10.0. The van der Waals surface area contributed by atoms with Gasteiger partial charge in [0.25, 0.3) is 0 Å². The number of unbranched alkanes of at least 4 members (excludes halogenated alkanes) is 1. The summed E-state index contributed by atoms with van der Waals surface area (Å²) in [5, 5.41) is 16.1. The first-order valence-electron chi connectivity index (χ1n) is 10.6. The molecular formula is C25H26N4O2. The van der Waals surface area contributed by atoms with Gasteiger partial charge in [0.1, 0.15) is 11.6 Å². The average molecular weight is 415 g/mol. The zero-order valence-electron chi connectivity index (χ0n) is 17.6. The third-order valence-electron chi connectivity index (χ3n) is 5.38. The molecule has 2 N–H and O–H groups in total. The van der Waals surface area contributed by atoms with E-state index in [0.29, 0.717) is 18.5 Å². The van der Waals surface area contributed by atoms with E-state index in [1.807, 2.05) is 54.6 Å². The highest BCUT2D eigenvalue weighted by atomic mass is 16.3. The van der Waals surface area contributed by atoms with E-state index < -0.39 is 0 Å². The number of aromatic nitrogens is 2. The SMILES string of the molecule is CCCCc1nc2ccccc2n1CCC(=O)N/N=C/c1c(O)ccc2ccccc12. The quantitative estimate of drug-likeness (QED) is 0.322. The van der Waals surface area contributed by atoms with Crippen LogP contribution in [0.25, 0.3) is 21.8 Å². The normalized spacial score (nSPS) is 11.5. The predicted molar refractivity (Wildman–Crippen MR) is 124 cm³/mol. The van der Waals surface area contributed by atoms with Gasteiger partial charge >= 0.3 is 0 Å². The molecule has 0 radical (unpaired) electrons. The van der Waals surface area contributed by atoms with Gasteiger partial charge in [-0.05, 0) is 35.4 Å². The predicted octanol–water partition coefficient (Wildman–Crippen LogP) is 4.78. The minimum absolute atomic E-state index is 0.127. The molecule has 158 valence electrons. The second-order valence-electron chi connectivity index (χ2n) is 7.53. The standard InChI is InChI=1S/C25H26N4O2/c1-2-3-12-24-27-21-10-6-7-11-22(21)29(24)16-15-25(31)28-26-17-20-19-9-5-4-8-18(19)13-14-23(20)30/h4-11,13-14,17,30H,2-3,12,15-16H2,1H3,(H,28,31)/b26-17+. The lowest BCUT2D eigenvalue weighted by Gasteiger charge is -2.08. The van der Waals surface area contributed by atoms with Crippen LogP contribution in [0.3, 0.4) is 0 Å². The number of amides is 1. The molecule has 0 saturated heterocycles. The minimum atomic E-state index is -0.185. The summed E-state index contributed by atoms with van der Waals surface area (Å²) >= 11 is 0. The van der Waals surface area contributed by atoms with Gasteiger partial charge in [-0.1, -0.05) is 55.8 Å². The second kappa shape index (κ2) is 9.43. The number of aryl methyl sites for hydroxylation is 2. The van der Waals surface area contributed by atoms with Crippen LogP contribution in [-0.4, -0.2) is 26.8 Å². The Bertz CT molecular complexity index is 1240. The Hall–Kier alpha value is -3.67. The number of rotatable bonds is 8. The van der Waals surface area contributed by atoms with E-state index in [0.717, 1.165) is 46.9 Å². The molecule has 4 rings (SSSR count). The molecule has 0 aliphatic carbocycles. The first-order chi connectivity index (χ1) is 15.2. The van der Waals surface area contributed by atoms with Gasteiger partial charge in [-0.2, -0.15) is 5.10 Å². The van der Waals surface area contributed by atoms with Crippen LogP contribution in [0, 0.1) is 0 Å². The highest BCUT2D eigenvalue weighted by Gasteiger charge is 2.11. The molecule has 0 spiro atoms. The van der Waals surface area contributed by atoms with Crippen LogP contribution in [0.1, 0.15) is 37.6 Å². The third-order valence-corrected chi connectivity index (χ3v) is 5.38. The van der Waals surface area contributed by atoms with Gasteiger partial charge in [0.2, 0.25) is 5.91 Å². The van der Waals surface area contributed by atoms with Gasteiger partial charge in [-0.25, -0.2) is 10.4 Å². The van der Waals surface area contributed by atoms with E-state index in [-0.39, 0.29) is 11.7 Å². The number of hydrogen-bond acceptors (Lipinski definition) is 4. The van der Waals surface area contributed by atoms with Crippen LogP contribution >= 0.6 is 0 Å². The molecule has 0 bridgehead atoms. The Morgan fingerprint density at radius 3 is 2.81 bits per heavy atom. The number of carbonyl (C=O) groups excluding carboxylic acids is 1. The van der Waals surface area contributed by atoms with E-state index in [9.17, 15) is 9.90 Å². The zero-order chi connectivity index (χ0) is 21.6. The molecule has 1 aromatic heterocycles. The minimum Gasteiger partial charge on any atom is -0.507 e. The number of hydrogen-bond donors (Lipinski definition) is 2. The van der Waals surface area contributed by atoms with E-state index >= 15 is 0 Å². The number of hydrazone groups is 1. The lowest BCUT2D eigenvalue weighted by molar-refractivity contribution is -0.121. The summed E-state index contributed by atoms with van der Waals surface area (Å²) in [6.07, 6.45) is 4.84. The Kier molecular flexibility index (Phi) is 6.26. The van der Waals surface area contributed by atoms with Crippen LogP contribution in [0.2, 0.25) is 0 Å². The highest BCUT2D eigenvalue weighted by molar-refractivity contribution is 6.02. The largest absolute Gasteiger partial charge is 0.507 e. The smallest absolute Gasteiger partial charge is 0.241 e. The van der Waals surface area contributed by atoms with Gasteiger partial charge in [-0.15, -0.1) is 0 Å². The van der Waals surface area contributed by atoms with Crippen molar-refractivity contribution in [2.24, 2.45) is 5.10 Å². The second-order valence-corrected chi connectivity index (χ2v) is 7.53. The molecule has 0 aliphatic rings. The number of aromatic hydroxyl groups is 1. The summed E-state index contributed by atoms with van der Waals surface area (Å²) in [5.74, 6) is 0.956. The van der Waals surface area contributed by atoms with Crippen LogP contribution in [0.4, 0.5) is 0 Å². The summed E-state index contributed by atoms with van der Waals surface area (Å²) in [5.41, 5.74) is 5.17. The van der Waals surface area contributed by atoms with E-state index in [1.165, 1.54) is 6.21 Å². The van der Waals surface area contributed by atoms with Crippen LogP contribution in [0.15, 0.2) is 65.8 Å². The van der Waals surface area contributed by atoms with Crippen molar-refractivity contribution in [2.45, 2.75) is 39.2 Å². The molecule has 0 aliphatic heterocycles. The Balaban J connectivity index is 1.44. The number of imidazole rings is 1. The molecule has 0 atom stereocenters. The van der Waals surface area contributed by atoms with Crippen molar-refractivity contribution in [2.75, 3.05) is 0 Å². The molecule has 1 amide bonds.